The van der Waals surface area contributed by atoms with E-state index < -0.39 is 0 Å². The van der Waals surface area contributed by atoms with Crippen molar-refractivity contribution in [2.45, 2.75) is 18.9 Å². The van der Waals surface area contributed by atoms with E-state index >= 15 is 0 Å². The molecule has 2 heterocycles. The minimum atomic E-state index is -0.0343. The number of hydrogen-bond donors (Lipinski definition) is 0. The molecule has 1 atom stereocenters. The number of benzene rings is 1. The van der Waals surface area contributed by atoms with Gasteiger partial charge < -0.3 is 14.4 Å². The first-order valence-electron chi connectivity index (χ1n) is 7.93. The maximum absolute atomic E-state index is 12.3. The van der Waals surface area contributed by atoms with Crippen molar-refractivity contribution >= 4 is 17.5 Å². The van der Waals surface area contributed by atoms with E-state index in [4.69, 9.17) is 21.1 Å². The summed E-state index contributed by atoms with van der Waals surface area (Å²) in [6.07, 6.45) is 5.25. The zero-order valence-corrected chi connectivity index (χ0v) is 14.0. The number of halogens is 1. The van der Waals surface area contributed by atoms with E-state index in [1.54, 1.807) is 41.6 Å². The topological polar surface area (TPSA) is 51.7 Å². The van der Waals surface area contributed by atoms with Crippen LogP contribution in [0.15, 0.2) is 48.8 Å². The summed E-state index contributed by atoms with van der Waals surface area (Å²) >= 11 is 5.83. The molecule has 2 aromatic rings. The molecular weight excluding hydrogens is 328 g/mol. The molecule has 1 amide bonds. The summed E-state index contributed by atoms with van der Waals surface area (Å²) < 4.78 is 11.5. The first-order chi connectivity index (χ1) is 11.7. The summed E-state index contributed by atoms with van der Waals surface area (Å²) in [5.74, 6) is 1.38. The average Bonchev–Trinajstić information content (AvgIpc) is 2.62. The van der Waals surface area contributed by atoms with Crippen LogP contribution in [0.3, 0.4) is 0 Å². The molecule has 3 rings (SSSR count). The third-order valence-electron chi connectivity index (χ3n) is 3.86. The number of ether oxygens (including phenoxy) is 2. The minimum Gasteiger partial charge on any atom is -0.488 e. The zero-order chi connectivity index (χ0) is 16.8. The summed E-state index contributed by atoms with van der Waals surface area (Å²) in [5, 5.41) is 0.640. The van der Waals surface area contributed by atoms with Gasteiger partial charge in [-0.15, -0.1) is 0 Å². The van der Waals surface area contributed by atoms with Crippen LogP contribution in [0.25, 0.3) is 0 Å². The van der Waals surface area contributed by atoms with E-state index in [9.17, 15) is 4.79 Å². The maximum Gasteiger partial charge on any atom is 0.260 e. The zero-order valence-electron chi connectivity index (χ0n) is 13.2. The molecule has 1 fully saturated rings. The number of amides is 1. The summed E-state index contributed by atoms with van der Waals surface area (Å²) in [7, 11) is 0. The maximum atomic E-state index is 12.3. The number of carbonyl (C=O) groups excluding carboxylic acids is 1. The number of aromatic nitrogens is 1. The van der Waals surface area contributed by atoms with Crippen LogP contribution in [0.4, 0.5) is 0 Å². The largest absolute Gasteiger partial charge is 0.488 e. The van der Waals surface area contributed by atoms with Gasteiger partial charge in [-0.2, -0.15) is 0 Å². The van der Waals surface area contributed by atoms with Gasteiger partial charge in [0.05, 0.1) is 6.54 Å². The van der Waals surface area contributed by atoms with Crippen LogP contribution < -0.4 is 9.47 Å². The van der Waals surface area contributed by atoms with Crippen molar-refractivity contribution in [1.82, 2.24) is 9.88 Å². The third kappa shape index (κ3) is 4.61. The van der Waals surface area contributed by atoms with E-state index in [-0.39, 0.29) is 18.6 Å². The van der Waals surface area contributed by atoms with Crippen molar-refractivity contribution in [3.63, 3.8) is 0 Å². The molecule has 1 aromatic carbocycles. The second kappa shape index (κ2) is 8.02. The quantitative estimate of drug-likeness (QED) is 0.834. The van der Waals surface area contributed by atoms with Crippen molar-refractivity contribution in [1.29, 1.82) is 0 Å². The second-order valence-electron chi connectivity index (χ2n) is 5.65. The Morgan fingerprint density at radius 2 is 1.92 bits per heavy atom. The molecule has 6 heteroatoms. The molecule has 0 unspecified atom stereocenters. The van der Waals surface area contributed by atoms with Gasteiger partial charge in [0.2, 0.25) is 0 Å². The molecule has 1 aromatic heterocycles. The fourth-order valence-electron chi connectivity index (χ4n) is 2.64. The number of piperidine rings is 1. The Morgan fingerprint density at radius 1 is 1.17 bits per heavy atom. The molecule has 1 aliphatic heterocycles. The van der Waals surface area contributed by atoms with Gasteiger partial charge in [-0.3, -0.25) is 9.78 Å². The predicted octanol–water partition coefficient (Wildman–Crippen LogP) is 3.18. The Balaban J connectivity index is 1.50. The Labute approximate surface area is 146 Å². The van der Waals surface area contributed by atoms with Gasteiger partial charge in [0.25, 0.3) is 5.91 Å². The monoisotopic (exact) mass is 346 g/mol. The van der Waals surface area contributed by atoms with Gasteiger partial charge in [0.1, 0.15) is 17.6 Å². The highest BCUT2D eigenvalue weighted by Crippen LogP contribution is 2.19. The summed E-state index contributed by atoms with van der Waals surface area (Å²) in [4.78, 5) is 18.1. The smallest absolute Gasteiger partial charge is 0.260 e. The molecule has 0 saturated carbocycles. The lowest BCUT2D eigenvalue weighted by molar-refractivity contribution is -0.136. The van der Waals surface area contributed by atoms with Crippen LogP contribution >= 0.6 is 11.6 Å². The lowest BCUT2D eigenvalue weighted by Crippen LogP contribution is -2.46. The van der Waals surface area contributed by atoms with Gasteiger partial charge in [-0.25, -0.2) is 0 Å². The molecule has 0 radical (unpaired) electrons. The Kier molecular flexibility index (Phi) is 5.54. The van der Waals surface area contributed by atoms with E-state index in [1.807, 2.05) is 12.1 Å². The molecule has 24 heavy (non-hydrogen) atoms. The Morgan fingerprint density at radius 3 is 2.67 bits per heavy atom. The Hall–Kier alpha value is -2.27. The van der Waals surface area contributed by atoms with Gasteiger partial charge in [0.15, 0.2) is 6.61 Å². The van der Waals surface area contributed by atoms with Crippen molar-refractivity contribution in [3.8, 4) is 11.5 Å². The fraction of sp³-hybridized carbons (Fsp3) is 0.333. The number of rotatable bonds is 5. The van der Waals surface area contributed by atoms with E-state index in [0.717, 1.165) is 25.1 Å². The molecule has 0 N–H and O–H groups in total. The molecule has 126 valence electrons. The molecule has 0 aliphatic carbocycles. The summed E-state index contributed by atoms with van der Waals surface area (Å²) in [6.45, 7) is 1.33. The van der Waals surface area contributed by atoms with Crippen molar-refractivity contribution < 1.29 is 14.3 Å². The minimum absolute atomic E-state index is 0.000585. The SMILES string of the molecule is O=C(COc1ccc(Cl)cc1)N1CCC[C@@H](Oc2ccncc2)C1. The number of pyridine rings is 1. The first kappa shape index (κ1) is 16.6. The summed E-state index contributed by atoms with van der Waals surface area (Å²) in [5.41, 5.74) is 0. The van der Waals surface area contributed by atoms with E-state index in [1.165, 1.54) is 0 Å². The van der Waals surface area contributed by atoms with Crippen molar-refractivity contribution in [2.75, 3.05) is 19.7 Å². The van der Waals surface area contributed by atoms with Gasteiger partial charge in [-0.1, -0.05) is 11.6 Å². The standard InChI is InChI=1S/C18H19ClN2O3/c19-14-3-5-15(6-4-14)23-13-18(22)21-11-1-2-17(12-21)24-16-7-9-20-10-8-16/h3-10,17H,1-2,11-13H2/t17-/m1/s1. The normalized spacial score (nSPS) is 17.4. The lowest BCUT2D eigenvalue weighted by Gasteiger charge is -2.32. The van der Waals surface area contributed by atoms with E-state index in [2.05, 4.69) is 4.98 Å². The predicted molar refractivity (Wildman–Crippen MR) is 91.4 cm³/mol. The first-order valence-corrected chi connectivity index (χ1v) is 8.31. The van der Waals surface area contributed by atoms with Crippen molar-refractivity contribution in [3.05, 3.63) is 53.8 Å². The molecular formula is C18H19ClN2O3. The lowest BCUT2D eigenvalue weighted by atomic mass is 10.1. The van der Waals surface area contributed by atoms with Gasteiger partial charge in [-0.05, 0) is 49.2 Å². The van der Waals surface area contributed by atoms with Crippen molar-refractivity contribution in [2.24, 2.45) is 0 Å². The number of likely N-dealkylation sites (tertiary alicyclic amines) is 1. The van der Waals surface area contributed by atoms with E-state index in [0.29, 0.717) is 17.3 Å². The highest BCUT2D eigenvalue weighted by molar-refractivity contribution is 6.30. The highest BCUT2D eigenvalue weighted by atomic mass is 35.5. The fourth-order valence-corrected chi connectivity index (χ4v) is 2.76. The van der Waals surface area contributed by atoms with Gasteiger partial charge in [0, 0.05) is 24.0 Å². The molecule has 0 bridgehead atoms. The van der Waals surface area contributed by atoms with Crippen LogP contribution in [0.2, 0.25) is 5.02 Å². The number of hydrogen-bond acceptors (Lipinski definition) is 4. The van der Waals surface area contributed by atoms with Crippen LogP contribution in [-0.2, 0) is 4.79 Å². The van der Waals surface area contributed by atoms with Crippen LogP contribution in [0.5, 0.6) is 11.5 Å². The second-order valence-corrected chi connectivity index (χ2v) is 6.08. The van der Waals surface area contributed by atoms with Crippen LogP contribution in [0, 0.1) is 0 Å². The molecule has 5 nitrogen and oxygen atoms in total. The van der Waals surface area contributed by atoms with Crippen LogP contribution in [0.1, 0.15) is 12.8 Å². The molecule has 1 aliphatic rings. The highest BCUT2D eigenvalue weighted by Gasteiger charge is 2.25. The number of carbonyl (C=O) groups is 1. The molecule has 1 saturated heterocycles. The molecule has 0 spiro atoms. The Bertz CT molecular complexity index is 664. The summed E-state index contributed by atoms with van der Waals surface area (Å²) in [6, 6.07) is 10.6. The third-order valence-corrected chi connectivity index (χ3v) is 4.11. The average molecular weight is 347 g/mol. The van der Waals surface area contributed by atoms with Crippen LogP contribution in [-0.4, -0.2) is 41.6 Å². The number of nitrogens with zero attached hydrogens (tertiary/aromatic N) is 2. The van der Waals surface area contributed by atoms with Gasteiger partial charge >= 0.3 is 0 Å².